The molecular formula is C13H23NS. The molecule has 1 N–H and O–H groups in total. The van der Waals surface area contributed by atoms with Crippen molar-refractivity contribution in [2.75, 3.05) is 6.54 Å². The van der Waals surface area contributed by atoms with Crippen molar-refractivity contribution in [3.63, 3.8) is 0 Å². The van der Waals surface area contributed by atoms with E-state index >= 15 is 0 Å². The molecule has 1 aromatic rings. The molecule has 0 unspecified atom stereocenters. The molecule has 1 aromatic heterocycles. The van der Waals surface area contributed by atoms with Crippen LogP contribution in [0, 0.1) is 17.8 Å². The Kier molecular flexibility index (Phi) is 5.34. The smallest absolute Gasteiger partial charge is 0.0299 e. The third kappa shape index (κ3) is 4.35. The summed E-state index contributed by atoms with van der Waals surface area (Å²) in [6.07, 6.45) is 0. The molecule has 0 bridgehead atoms. The van der Waals surface area contributed by atoms with Gasteiger partial charge in [0.1, 0.15) is 0 Å². The summed E-state index contributed by atoms with van der Waals surface area (Å²) in [5.74, 6) is 2.31. The molecule has 15 heavy (non-hydrogen) atoms. The maximum atomic E-state index is 3.56. The van der Waals surface area contributed by atoms with E-state index in [1.165, 1.54) is 4.88 Å². The lowest BCUT2D eigenvalue weighted by atomic mass is 9.85. The van der Waals surface area contributed by atoms with E-state index < -0.39 is 0 Å². The van der Waals surface area contributed by atoms with Gasteiger partial charge in [-0.25, -0.2) is 0 Å². The van der Waals surface area contributed by atoms with Gasteiger partial charge in [-0.3, -0.25) is 0 Å². The van der Waals surface area contributed by atoms with Gasteiger partial charge in [0, 0.05) is 11.4 Å². The standard InChI is InChI=1S/C13H23NS/c1-10(2)13(11(3)4)9-14-8-12-6-5-7-15-12/h5-7,10-11,13-14H,8-9H2,1-4H3. The highest BCUT2D eigenvalue weighted by Gasteiger charge is 2.16. The molecule has 1 heterocycles. The first-order valence-electron chi connectivity index (χ1n) is 5.84. The summed E-state index contributed by atoms with van der Waals surface area (Å²) >= 11 is 1.83. The number of nitrogens with one attached hydrogen (secondary N) is 1. The molecule has 0 saturated carbocycles. The zero-order valence-electron chi connectivity index (χ0n) is 10.3. The molecule has 0 radical (unpaired) electrons. The van der Waals surface area contributed by atoms with Crippen LogP contribution in [0.2, 0.25) is 0 Å². The molecule has 0 aromatic carbocycles. The van der Waals surface area contributed by atoms with Crippen LogP contribution in [-0.4, -0.2) is 6.54 Å². The molecule has 1 rings (SSSR count). The Morgan fingerprint density at radius 2 is 1.87 bits per heavy atom. The lowest BCUT2D eigenvalue weighted by molar-refractivity contribution is 0.276. The van der Waals surface area contributed by atoms with Crippen LogP contribution in [0.5, 0.6) is 0 Å². The molecule has 0 spiro atoms. The molecule has 0 fully saturated rings. The Hall–Kier alpha value is -0.340. The second kappa shape index (κ2) is 6.29. The first kappa shape index (κ1) is 12.7. The lowest BCUT2D eigenvalue weighted by Gasteiger charge is -2.25. The van der Waals surface area contributed by atoms with Gasteiger partial charge in [0.15, 0.2) is 0 Å². The van der Waals surface area contributed by atoms with Gasteiger partial charge in [0.2, 0.25) is 0 Å². The Balaban J connectivity index is 2.28. The summed E-state index contributed by atoms with van der Waals surface area (Å²) in [5, 5.41) is 5.70. The van der Waals surface area contributed by atoms with Gasteiger partial charge in [-0.2, -0.15) is 0 Å². The van der Waals surface area contributed by atoms with E-state index in [4.69, 9.17) is 0 Å². The molecule has 2 heteroatoms. The summed E-state index contributed by atoms with van der Waals surface area (Å²) in [5.41, 5.74) is 0. The topological polar surface area (TPSA) is 12.0 Å². The van der Waals surface area contributed by atoms with Crippen molar-refractivity contribution in [3.8, 4) is 0 Å². The van der Waals surface area contributed by atoms with Crippen molar-refractivity contribution >= 4 is 11.3 Å². The molecule has 0 aliphatic rings. The van der Waals surface area contributed by atoms with Crippen LogP contribution in [0.25, 0.3) is 0 Å². The number of thiophene rings is 1. The maximum Gasteiger partial charge on any atom is 0.0299 e. The molecule has 1 nitrogen and oxygen atoms in total. The van der Waals surface area contributed by atoms with E-state index in [1.807, 2.05) is 11.3 Å². The predicted molar refractivity (Wildman–Crippen MR) is 69.2 cm³/mol. The van der Waals surface area contributed by atoms with Crippen molar-refractivity contribution in [2.45, 2.75) is 34.2 Å². The molecule has 0 atom stereocenters. The zero-order valence-corrected chi connectivity index (χ0v) is 11.1. The van der Waals surface area contributed by atoms with Crippen LogP contribution in [0.15, 0.2) is 17.5 Å². The predicted octanol–water partition coefficient (Wildman–Crippen LogP) is 3.77. The minimum Gasteiger partial charge on any atom is -0.312 e. The first-order valence-corrected chi connectivity index (χ1v) is 6.72. The van der Waals surface area contributed by atoms with Crippen LogP contribution < -0.4 is 5.32 Å². The van der Waals surface area contributed by atoms with E-state index in [-0.39, 0.29) is 0 Å². The fraction of sp³-hybridized carbons (Fsp3) is 0.692. The summed E-state index contributed by atoms with van der Waals surface area (Å²) in [6, 6.07) is 4.31. The van der Waals surface area contributed by atoms with Gasteiger partial charge < -0.3 is 5.32 Å². The minimum atomic E-state index is 0.765. The summed E-state index contributed by atoms with van der Waals surface area (Å²) < 4.78 is 0. The fourth-order valence-corrected chi connectivity index (χ4v) is 2.69. The fourth-order valence-electron chi connectivity index (χ4n) is 2.02. The maximum absolute atomic E-state index is 3.56. The van der Waals surface area contributed by atoms with Crippen molar-refractivity contribution in [2.24, 2.45) is 17.8 Å². The Labute approximate surface area is 97.9 Å². The van der Waals surface area contributed by atoms with Crippen molar-refractivity contribution in [3.05, 3.63) is 22.4 Å². The molecule has 0 aliphatic carbocycles. The molecule has 86 valence electrons. The van der Waals surface area contributed by atoms with E-state index in [0.29, 0.717) is 0 Å². The van der Waals surface area contributed by atoms with Crippen molar-refractivity contribution < 1.29 is 0 Å². The lowest BCUT2D eigenvalue weighted by Crippen LogP contribution is -2.29. The largest absolute Gasteiger partial charge is 0.312 e. The quantitative estimate of drug-likeness (QED) is 0.777. The first-order chi connectivity index (χ1) is 7.11. The molecule has 0 aliphatic heterocycles. The van der Waals surface area contributed by atoms with Crippen LogP contribution in [0.4, 0.5) is 0 Å². The second-order valence-corrected chi connectivity index (χ2v) is 5.89. The van der Waals surface area contributed by atoms with Gasteiger partial charge in [0.25, 0.3) is 0 Å². The van der Waals surface area contributed by atoms with E-state index in [9.17, 15) is 0 Å². The second-order valence-electron chi connectivity index (χ2n) is 4.86. The van der Waals surface area contributed by atoms with Gasteiger partial charge in [-0.15, -0.1) is 11.3 Å². The van der Waals surface area contributed by atoms with Gasteiger partial charge in [-0.1, -0.05) is 33.8 Å². The van der Waals surface area contributed by atoms with Gasteiger partial charge >= 0.3 is 0 Å². The number of hydrogen-bond donors (Lipinski definition) is 1. The Morgan fingerprint density at radius 3 is 2.33 bits per heavy atom. The van der Waals surface area contributed by atoms with Crippen LogP contribution in [-0.2, 0) is 6.54 Å². The highest BCUT2D eigenvalue weighted by atomic mass is 32.1. The number of hydrogen-bond acceptors (Lipinski definition) is 2. The highest BCUT2D eigenvalue weighted by Crippen LogP contribution is 2.19. The molecular weight excluding hydrogens is 202 g/mol. The molecule has 0 saturated heterocycles. The van der Waals surface area contributed by atoms with E-state index in [0.717, 1.165) is 30.8 Å². The average molecular weight is 225 g/mol. The molecule has 0 amide bonds. The Bertz CT molecular complexity index is 244. The van der Waals surface area contributed by atoms with Gasteiger partial charge in [-0.05, 0) is 35.7 Å². The SMILES string of the molecule is CC(C)C(CNCc1cccs1)C(C)C. The summed E-state index contributed by atoms with van der Waals surface area (Å²) in [4.78, 5) is 1.43. The average Bonchev–Trinajstić information content (AvgIpc) is 2.63. The summed E-state index contributed by atoms with van der Waals surface area (Å²) in [7, 11) is 0. The summed E-state index contributed by atoms with van der Waals surface area (Å²) in [6.45, 7) is 11.4. The Morgan fingerprint density at radius 1 is 1.20 bits per heavy atom. The highest BCUT2D eigenvalue weighted by molar-refractivity contribution is 7.09. The minimum absolute atomic E-state index is 0.765. The zero-order chi connectivity index (χ0) is 11.3. The van der Waals surface area contributed by atoms with Crippen molar-refractivity contribution in [1.82, 2.24) is 5.32 Å². The monoisotopic (exact) mass is 225 g/mol. The van der Waals surface area contributed by atoms with Crippen molar-refractivity contribution in [1.29, 1.82) is 0 Å². The van der Waals surface area contributed by atoms with Crippen LogP contribution in [0.3, 0.4) is 0 Å². The van der Waals surface area contributed by atoms with E-state index in [1.54, 1.807) is 0 Å². The normalized spacial score (nSPS) is 11.9. The third-order valence-corrected chi connectivity index (χ3v) is 3.85. The third-order valence-electron chi connectivity index (χ3n) is 2.97. The van der Waals surface area contributed by atoms with Gasteiger partial charge in [0.05, 0.1) is 0 Å². The van der Waals surface area contributed by atoms with Crippen LogP contribution >= 0.6 is 11.3 Å². The van der Waals surface area contributed by atoms with Crippen LogP contribution in [0.1, 0.15) is 32.6 Å². The van der Waals surface area contributed by atoms with E-state index in [2.05, 4.69) is 50.5 Å². The number of rotatable bonds is 6.